The van der Waals surface area contributed by atoms with Crippen molar-refractivity contribution in [3.8, 4) is 0 Å². The largest absolute Gasteiger partial charge is 0.481 e. The van der Waals surface area contributed by atoms with Crippen LogP contribution in [0.3, 0.4) is 0 Å². The van der Waals surface area contributed by atoms with Crippen LogP contribution in [0.4, 0.5) is 5.69 Å². The predicted molar refractivity (Wildman–Crippen MR) is 98.5 cm³/mol. The molecule has 0 amide bonds. The summed E-state index contributed by atoms with van der Waals surface area (Å²) in [4.78, 5) is 24.9. The van der Waals surface area contributed by atoms with Crippen molar-refractivity contribution < 1.29 is 14.3 Å². The molecule has 134 valence electrons. The van der Waals surface area contributed by atoms with Gasteiger partial charge in [0.05, 0.1) is 0 Å². The zero-order valence-electron chi connectivity index (χ0n) is 15.3. The summed E-state index contributed by atoms with van der Waals surface area (Å²) in [6.07, 6.45) is 1.73. The fourth-order valence-electron chi connectivity index (χ4n) is 4.11. The molecular weight excluding hydrogens is 318 g/mol. The van der Waals surface area contributed by atoms with E-state index < -0.39 is 5.97 Å². The predicted octanol–water partition coefficient (Wildman–Crippen LogP) is 4.06. The average molecular weight is 343 g/mol. The van der Waals surface area contributed by atoms with Crippen molar-refractivity contribution in [2.24, 2.45) is 0 Å². The molecule has 0 fully saturated rings. The SMILES string of the molecule is Cc1cc(=O)oc2cc3c(cc12)[C@@H](C)CC(C)(C)N3CCCC(=O)O. The number of hydrogen-bond acceptors (Lipinski definition) is 4. The minimum Gasteiger partial charge on any atom is -0.481 e. The summed E-state index contributed by atoms with van der Waals surface area (Å²) in [5, 5.41) is 9.91. The minimum absolute atomic E-state index is 0.0806. The number of nitrogens with zero attached hydrogens (tertiary/aromatic N) is 1. The Morgan fingerprint density at radius 1 is 1.36 bits per heavy atom. The Bertz CT molecular complexity index is 881. The van der Waals surface area contributed by atoms with Gasteiger partial charge in [-0.2, -0.15) is 0 Å². The molecule has 0 unspecified atom stereocenters. The molecule has 2 aromatic rings. The van der Waals surface area contributed by atoms with E-state index in [-0.39, 0.29) is 17.6 Å². The molecule has 1 aliphatic rings. The van der Waals surface area contributed by atoms with Crippen LogP contribution in [0.15, 0.2) is 27.4 Å². The van der Waals surface area contributed by atoms with Gasteiger partial charge in [0.25, 0.3) is 0 Å². The molecule has 0 saturated heterocycles. The first-order valence-electron chi connectivity index (χ1n) is 8.77. The Hall–Kier alpha value is -2.30. The van der Waals surface area contributed by atoms with Crippen LogP contribution in [-0.4, -0.2) is 23.2 Å². The highest BCUT2D eigenvalue weighted by molar-refractivity contribution is 5.86. The van der Waals surface area contributed by atoms with Crippen LogP contribution >= 0.6 is 0 Å². The van der Waals surface area contributed by atoms with E-state index >= 15 is 0 Å². The van der Waals surface area contributed by atoms with Gasteiger partial charge < -0.3 is 14.4 Å². The summed E-state index contributed by atoms with van der Waals surface area (Å²) >= 11 is 0. The van der Waals surface area contributed by atoms with Crippen molar-refractivity contribution in [3.63, 3.8) is 0 Å². The summed E-state index contributed by atoms with van der Waals surface area (Å²) in [6, 6.07) is 5.61. The molecule has 25 heavy (non-hydrogen) atoms. The van der Waals surface area contributed by atoms with Crippen LogP contribution in [0, 0.1) is 6.92 Å². The van der Waals surface area contributed by atoms with Gasteiger partial charge in [0, 0.05) is 41.7 Å². The van der Waals surface area contributed by atoms with Crippen molar-refractivity contribution in [1.29, 1.82) is 0 Å². The monoisotopic (exact) mass is 343 g/mol. The van der Waals surface area contributed by atoms with Crippen LogP contribution in [0.1, 0.15) is 57.1 Å². The maximum Gasteiger partial charge on any atom is 0.336 e. The molecule has 1 aliphatic heterocycles. The van der Waals surface area contributed by atoms with Crippen molar-refractivity contribution >= 4 is 22.6 Å². The van der Waals surface area contributed by atoms with Crippen LogP contribution < -0.4 is 10.5 Å². The number of carbonyl (C=O) groups is 1. The lowest BCUT2D eigenvalue weighted by Crippen LogP contribution is -2.48. The Labute approximate surface area is 147 Å². The first-order valence-corrected chi connectivity index (χ1v) is 8.77. The number of aryl methyl sites for hydroxylation is 1. The number of aliphatic carboxylic acids is 1. The lowest BCUT2D eigenvalue weighted by atomic mass is 9.79. The number of rotatable bonds is 4. The van der Waals surface area contributed by atoms with E-state index in [4.69, 9.17) is 9.52 Å². The number of hydrogen-bond donors (Lipinski definition) is 1. The normalized spacial score (nSPS) is 19.0. The Balaban J connectivity index is 2.12. The topological polar surface area (TPSA) is 70.8 Å². The van der Waals surface area contributed by atoms with Crippen LogP contribution in [0.25, 0.3) is 11.0 Å². The molecule has 0 radical (unpaired) electrons. The standard InChI is InChI=1S/C20H25NO4/c1-12-8-19(24)25-17-10-16-14(9-15(12)17)13(2)11-20(3,4)21(16)7-5-6-18(22)23/h8-10,13H,5-7,11H2,1-4H3,(H,22,23)/t13-/m0/s1. The maximum atomic E-state index is 11.7. The molecule has 1 N–H and O–H groups in total. The Morgan fingerprint density at radius 3 is 2.76 bits per heavy atom. The molecular formula is C20H25NO4. The van der Waals surface area contributed by atoms with Gasteiger partial charge in [0.1, 0.15) is 5.58 Å². The van der Waals surface area contributed by atoms with E-state index in [1.807, 2.05) is 13.0 Å². The summed E-state index contributed by atoms with van der Waals surface area (Å²) in [5.74, 6) is -0.389. The number of fused-ring (bicyclic) bond motifs is 2. The van der Waals surface area contributed by atoms with E-state index in [2.05, 4.69) is 31.7 Å². The third-order valence-corrected chi connectivity index (χ3v) is 5.23. The maximum absolute atomic E-state index is 11.7. The smallest absolute Gasteiger partial charge is 0.336 e. The van der Waals surface area contributed by atoms with E-state index in [0.29, 0.717) is 24.5 Å². The number of anilines is 1. The van der Waals surface area contributed by atoms with Crippen molar-refractivity contribution in [1.82, 2.24) is 0 Å². The van der Waals surface area contributed by atoms with E-state index in [1.54, 1.807) is 0 Å². The van der Waals surface area contributed by atoms with Gasteiger partial charge in [0.15, 0.2) is 0 Å². The fraction of sp³-hybridized carbons (Fsp3) is 0.500. The Kier molecular flexibility index (Phi) is 4.35. The summed E-state index contributed by atoms with van der Waals surface area (Å²) in [7, 11) is 0. The number of carboxylic acid groups (broad SMARTS) is 1. The number of carboxylic acids is 1. The van der Waals surface area contributed by atoms with Gasteiger partial charge in [-0.05, 0) is 56.7 Å². The third kappa shape index (κ3) is 3.28. The molecule has 0 aliphatic carbocycles. The van der Waals surface area contributed by atoms with Crippen LogP contribution in [0.2, 0.25) is 0 Å². The lowest BCUT2D eigenvalue weighted by molar-refractivity contribution is -0.137. The molecule has 3 rings (SSSR count). The highest BCUT2D eigenvalue weighted by Gasteiger charge is 2.36. The second-order valence-electron chi connectivity index (χ2n) is 7.72. The molecule has 1 atom stereocenters. The highest BCUT2D eigenvalue weighted by Crippen LogP contribution is 2.45. The second-order valence-corrected chi connectivity index (χ2v) is 7.72. The molecule has 5 heteroatoms. The molecule has 1 aromatic heterocycles. The van der Waals surface area contributed by atoms with E-state index in [9.17, 15) is 9.59 Å². The number of benzene rings is 1. The molecule has 0 saturated carbocycles. The van der Waals surface area contributed by atoms with Gasteiger partial charge in [-0.1, -0.05) is 6.92 Å². The third-order valence-electron chi connectivity index (χ3n) is 5.23. The highest BCUT2D eigenvalue weighted by atomic mass is 16.4. The fourth-order valence-corrected chi connectivity index (χ4v) is 4.11. The van der Waals surface area contributed by atoms with Gasteiger partial charge in [0.2, 0.25) is 0 Å². The molecule has 2 heterocycles. The second kappa shape index (κ2) is 6.21. The quantitative estimate of drug-likeness (QED) is 0.848. The minimum atomic E-state index is -0.774. The van der Waals surface area contributed by atoms with Crippen molar-refractivity contribution in [2.75, 3.05) is 11.4 Å². The van der Waals surface area contributed by atoms with Crippen LogP contribution in [0.5, 0.6) is 0 Å². The Morgan fingerprint density at radius 2 is 2.08 bits per heavy atom. The lowest BCUT2D eigenvalue weighted by Gasteiger charge is -2.47. The molecule has 0 spiro atoms. The summed E-state index contributed by atoms with van der Waals surface area (Å²) in [6.45, 7) is 9.18. The van der Waals surface area contributed by atoms with Gasteiger partial charge in [-0.3, -0.25) is 4.79 Å². The average Bonchev–Trinajstić information content (AvgIpc) is 2.48. The van der Waals surface area contributed by atoms with Crippen molar-refractivity contribution in [2.45, 2.75) is 58.4 Å². The summed E-state index contributed by atoms with van der Waals surface area (Å²) in [5.41, 5.74) is 3.38. The molecule has 1 aromatic carbocycles. The van der Waals surface area contributed by atoms with Crippen LogP contribution in [-0.2, 0) is 4.79 Å². The molecule has 5 nitrogen and oxygen atoms in total. The van der Waals surface area contributed by atoms with Gasteiger partial charge in [-0.25, -0.2) is 4.79 Å². The first kappa shape index (κ1) is 17.5. The summed E-state index contributed by atoms with van der Waals surface area (Å²) < 4.78 is 5.43. The van der Waals surface area contributed by atoms with E-state index in [1.165, 1.54) is 11.6 Å². The zero-order chi connectivity index (χ0) is 18.4. The van der Waals surface area contributed by atoms with Gasteiger partial charge in [-0.15, -0.1) is 0 Å². The van der Waals surface area contributed by atoms with Gasteiger partial charge >= 0.3 is 11.6 Å². The first-order chi connectivity index (χ1) is 11.7. The zero-order valence-corrected chi connectivity index (χ0v) is 15.3. The van der Waals surface area contributed by atoms with Crippen molar-refractivity contribution in [3.05, 3.63) is 39.7 Å². The molecule has 0 bridgehead atoms. The van der Waals surface area contributed by atoms with E-state index in [0.717, 1.165) is 23.1 Å².